The molecule has 1 unspecified atom stereocenters. The van der Waals surface area contributed by atoms with Gasteiger partial charge in [-0.15, -0.1) is 12.4 Å². The number of carbonyl (C=O) groups is 1. The van der Waals surface area contributed by atoms with Crippen LogP contribution >= 0.6 is 12.4 Å². The van der Waals surface area contributed by atoms with E-state index in [2.05, 4.69) is 5.32 Å². The molecule has 0 aromatic heterocycles. The van der Waals surface area contributed by atoms with Crippen LogP contribution in [0.4, 0.5) is 0 Å². The molecule has 3 nitrogen and oxygen atoms in total. The minimum Gasteiger partial charge on any atom is -0.345 e. The number of rotatable bonds is 4. The Morgan fingerprint density at radius 2 is 1.94 bits per heavy atom. The molecule has 3 N–H and O–H groups in total. The van der Waals surface area contributed by atoms with Crippen molar-refractivity contribution in [1.82, 2.24) is 5.32 Å². The van der Waals surface area contributed by atoms with Crippen molar-refractivity contribution < 1.29 is 4.79 Å². The maximum atomic E-state index is 12.1. The molecule has 2 rings (SSSR count). The molecule has 1 aliphatic rings. The Balaban J connectivity index is 0.00000162. The summed E-state index contributed by atoms with van der Waals surface area (Å²) in [5.74, 6) is 0.520. The second-order valence-corrected chi connectivity index (χ2v) is 5.22. The first kappa shape index (κ1) is 15.0. The number of nitrogens with one attached hydrogen (secondary N) is 1. The van der Waals surface area contributed by atoms with Gasteiger partial charge in [-0.2, -0.15) is 0 Å². The van der Waals surface area contributed by atoms with Gasteiger partial charge in [0.1, 0.15) is 0 Å². The quantitative estimate of drug-likeness (QED) is 0.880. The molecule has 100 valence electrons. The molecule has 0 aliphatic heterocycles. The van der Waals surface area contributed by atoms with Crippen molar-refractivity contribution >= 4 is 18.3 Å². The maximum Gasteiger partial charge on any atom is 0.251 e. The molecule has 1 aliphatic carbocycles. The summed E-state index contributed by atoms with van der Waals surface area (Å²) in [6.07, 6.45) is 2.34. The third kappa shape index (κ3) is 3.24. The highest BCUT2D eigenvalue weighted by molar-refractivity contribution is 5.94. The van der Waals surface area contributed by atoms with Crippen LogP contribution in [-0.2, 0) is 0 Å². The van der Waals surface area contributed by atoms with Gasteiger partial charge in [-0.3, -0.25) is 4.79 Å². The van der Waals surface area contributed by atoms with Crippen LogP contribution in [0.1, 0.15) is 35.7 Å². The minimum absolute atomic E-state index is 0. The normalized spacial score (nSPS) is 17.5. The molecule has 0 saturated heterocycles. The highest BCUT2D eigenvalue weighted by Crippen LogP contribution is 2.39. The fourth-order valence-electron chi connectivity index (χ4n) is 2.08. The van der Waals surface area contributed by atoms with Crippen LogP contribution in [0.15, 0.2) is 24.3 Å². The lowest BCUT2D eigenvalue weighted by molar-refractivity contribution is 0.0898. The summed E-state index contributed by atoms with van der Waals surface area (Å²) in [5.41, 5.74) is 7.40. The molecule has 1 atom stereocenters. The van der Waals surface area contributed by atoms with E-state index in [0.717, 1.165) is 5.56 Å². The van der Waals surface area contributed by atoms with Gasteiger partial charge in [0.25, 0.3) is 5.91 Å². The molecule has 1 fully saturated rings. The first-order valence-electron chi connectivity index (χ1n) is 6.14. The average Bonchev–Trinajstić information content (AvgIpc) is 3.13. The van der Waals surface area contributed by atoms with Gasteiger partial charge in [0.2, 0.25) is 0 Å². The molecular formula is C14H21ClN2O. The third-order valence-corrected chi connectivity index (χ3v) is 3.62. The second kappa shape index (κ2) is 5.72. The number of hydrogen-bond acceptors (Lipinski definition) is 2. The molecule has 1 aromatic carbocycles. The van der Waals surface area contributed by atoms with Gasteiger partial charge in [-0.25, -0.2) is 0 Å². The Kier molecular flexibility index (Phi) is 4.77. The Bertz CT molecular complexity index is 414. The van der Waals surface area contributed by atoms with Crippen LogP contribution in [0.5, 0.6) is 0 Å². The van der Waals surface area contributed by atoms with Crippen LogP contribution in [0.3, 0.4) is 0 Å². The first-order valence-corrected chi connectivity index (χ1v) is 6.14. The third-order valence-electron chi connectivity index (χ3n) is 3.62. The average molecular weight is 269 g/mol. The standard InChI is InChI=1S/C14H20N2O.ClH/c1-10-3-5-11(6-4-10)13(17)16-14(2,9-15)12-7-8-12;/h3-6,12H,7-9,15H2,1-2H3,(H,16,17);1H. The van der Waals surface area contributed by atoms with Crippen LogP contribution in [0, 0.1) is 12.8 Å². The maximum absolute atomic E-state index is 12.1. The van der Waals surface area contributed by atoms with Crippen molar-refractivity contribution in [2.45, 2.75) is 32.2 Å². The van der Waals surface area contributed by atoms with Crippen molar-refractivity contribution in [3.8, 4) is 0 Å². The van der Waals surface area contributed by atoms with E-state index in [4.69, 9.17) is 5.73 Å². The SMILES string of the molecule is Cc1ccc(C(=O)NC(C)(CN)C2CC2)cc1.Cl. The molecule has 0 heterocycles. The van der Waals surface area contributed by atoms with E-state index >= 15 is 0 Å². The van der Waals surface area contributed by atoms with Crippen molar-refractivity contribution in [3.63, 3.8) is 0 Å². The Hall–Kier alpha value is -1.06. The number of nitrogens with two attached hydrogens (primary N) is 1. The summed E-state index contributed by atoms with van der Waals surface area (Å²) in [6.45, 7) is 4.54. The van der Waals surface area contributed by atoms with Gasteiger partial charge in [-0.1, -0.05) is 17.7 Å². The van der Waals surface area contributed by atoms with Crippen molar-refractivity contribution in [1.29, 1.82) is 0 Å². The van der Waals surface area contributed by atoms with Crippen LogP contribution in [-0.4, -0.2) is 18.0 Å². The first-order chi connectivity index (χ1) is 8.05. The molecule has 0 bridgehead atoms. The van der Waals surface area contributed by atoms with Gasteiger partial charge in [0.05, 0.1) is 5.54 Å². The van der Waals surface area contributed by atoms with Gasteiger partial charge in [-0.05, 0) is 44.7 Å². The van der Waals surface area contributed by atoms with E-state index in [-0.39, 0.29) is 23.9 Å². The Labute approximate surface area is 115 Å². The number of amides is 1. The van der Waals surface area contributed by atoms with E-state index < -0.39 is 0 Å². The number of hydrogen-bond donors (Lipinski definition) is 2. The highest BCUT2D eigenvalue weighted by atomic mass is 35.5. The molecule has 4 heteroatoms. The highest BCUT2D eigenvalue weighted by Gasteiger charge is 2.41. The molecule has 0 spiro atoms. The lowest BCUT2D eigenvalue weighted by Gasteiger charge is -2.29. The number of aryl methyl sites for hydroxylation is 1. The largest absolute Gasteiger partial charge is 0.345 e. The summed E-state index contributed by atoms with van der Waals surface area (Å²) in [5, 5.41) is 3.08. The van der Waals surface area contributed by atoms with Crippen LogP contribution in [0.2, 0.25) is 0 Å². The van der Waals surface area contributed by atoms with Gasteiger partial charge in [0.15, 0.2) is 0 Å². The monoisotopic (exact) mass is 268 g/mol. The molecule has 1 saturated carbocycles. The Morgan fingerprint density at radius 3 is 2.39 bits per heavy atom. The number of halogens is 1. The number of benzene rings is 1. The number of carbonyl (C=O) groups excluding carboxylic acids is 1. The molecule has 1 amide bonds. The fourth-order valence-corrected chi connectivity index (χ4v) is 2.08. The van der Waals surface area contributed by atoms with Gasteiger partial charge < -0.3 is 11.1 Å². The van der Waals surface area contributed by atoms with Crippen molar-refractivity contribution in [3.05, 3.63) is 35.4 Å². The summed E-state index contributed by atoms with van der Waals surface area (Å²) in [4.78, 5) is 12.1. The predicted molar refractivity (Wildman–Crippen MR) is 76.1 cm³/mol. The lowest BCUT2D eigenvalue weighted by Crippen LogP contribution is -2.53. The minimum atomic E-state index is -0.248. The smallest absolute Gasteiger partial charge is 0.251 e. The lowest BCUT2D eigenvalue weighted by atomic mass is 9.95. The second-order valence-electron chi connectivity index (χ2n) is 5.22. The van der Waals surface area contributed by atoms with E-state index in [0.29, 0.717) is 18.0 Å². The zero-order valence-corrected chi connectivity index (χ0v) is 11.7. The van der Waals surface area contributed by atoms with Gasteiger partial charge in [0, 0.05) is 12.1 Å². The van der Waals surface area contributed by atoms with E-state index in [1.54, 1.807) is 0 Å². The fraction of sp³-hybridized carbons (Fsp3) is 0.500. The summed E-state index contributed by atoms with van der Waals surface area (Å²) >= 11 is 0. The zero-order valence-electron chi connectivity index (χ0n) is 10.9. The molecule has 1 aromatic rings. The van der Waals surface area contributed by atoms with Crippen molar-refractivity contribution in [2.24, 2.45) is 11.7 Å². The van der Waals surface area contributed by atoms with E-state index in [1.165, 1.54) is 12.8 Å². The topological polar surface area (TPSA) is 55.1 Å². The summed E-state index contributed by atoms with van der Waals surface area (Å²) < 4.78 is 0. The summed E-state index contributed by atoms with van der Waals surface area (Å²) in [7, 11) is 0. The van der Waals surface area contributed by atoms with Gasteiger partial charge >= 0.3 is 0 Å². The van der Waals surface area contributed by atoms with E-state index in [1.807, 2.05) is 38.1 Å². The summed E-state index contributed by atoms with van der Waals surface area (Å²) in [6, 6.07) is 7.61. The molecule has 0 radical (unpaired) electrons. The zero-order chi connectivity index (χ0) is 12.5. The molecular weight excluding hydrogens is 248 g/mol. The van der Waals surface area contributed by atoms with Crippen molar-refractivity contribution in [2.75, 3.05) is 6.54 Å². The molecule has 18 heavy (non-hydrogen) atoms. The van der Waals surface area contributed by atoms with Crippen LogP contribution < -0.4 is 11.1 Å². The van der Waals surface area contributed by atoms with E-state index in [9.17, 15) is 4.79 Å². The van der Waals surface area contributed by atoms with Crippen LogP contribution in [0.25, 0.3) is 0 Å². The predicted octanol–water partition coefficient (Wildman–Crippen LogP) is 2.27. The Morgan fingerprint density at radius 1 is 1.39 bits per heavy atom.